The van der Waals surface area contributed by atoms with E-state index in [1.807, 2.05) is 25.2 Å². The fraction of sp³-hybridized carbons (Fsp3) is 0.375. The maximum absolute atomic E-state index is 5.75. The standard InChI is InChI=1S/C16H19N3O2/c1-17-14(15-16(20-2)19-9-8-18-15)12-7-10-21-13-6-4-3-5-11(12)13/h3-6,8-9,12,14,17H,7,10H2,1-2H3. The van der Waals surface area contributed by atoms with E-state index in [0.29, 0.717) is 12.5 Å². The van der Waals surface area contributed by atoms with Crippen LogP contribution in [0, 0.1) is 0 Å². The predicted molar refractivity (Wildman–Crippen MR) is 79.7 cm³/mol. The smallest absolute Gasteiger partial charge is 0.237 e. The van der Waals surface area contributed by atoms with Crippen LogP contribution in [0.15, 0.2) is 36.7 Å². The minimum atomic E-state index is 0.0405. The average molecular weight is 285 g/mol. The molecule has 1 aromatic heterocycles. The predicted octanol–water partition coefficient (Wildman–Crippen LogP) is 2.31. The van der Waals surface area contributed by atoms with Gasteiger partial charge in [-0.3, -0.25) is 4.98 Å². The van der Waals surface area contributed by atoms with Crippen molar-refractivity contribution in [2.75, 3.05) is 20.8 Å². The van der Waals surface area contributed by atoms with Crippen molar-refractivity contribution in [2.45, 2.75) is 18.4 Å². The Morgan fingerprint density at radius 2 is 2.10 bits per heavy atom. The quantitative estimate of drug-likeness (QED) is 0.934. The molecule has 1 N–H and O–H groups in total. The van der Waals surface area contributed by atoms with Crippen molar-refractivity contribution >= 4 is 0 Å². The van der Waals surface area contributed by atoms with Crippen molar-refractivity contribution in [3.8, 4) is 11.6 Å². The third-order valence-electron chi connectivity index (χ3n) is 3.90. The van der Waals surface area contributed by atoms with Gasteiger partial charge < -0.3 is 14.8 Å². The van der Waals surface area contributed by atoms with Gasteiger partial charge in [0.1, 0.15) is 11.4 Å². The van der Waals surface area contributed by atoms with Crippen molar-refractivity contribution < 1.29 is 9.47 Å². The fourth-order valence-corrected chi connectivity index (χ4v) is 2.95. The van der Waals surface area contributed by atoms with E-state index in [0.717, 1.165) is 17.9 Å². The van der Waals surface area contributed by atoms with Gasteiger partial charge in [0.25, 0.3) is 0 Å². The summed E-state index contributed by atoms with van der Waals surface area (Å²) in [6.07, 6.45) is 4.28. The SMILES string of the molecule is CNC(c1nccnc1OC)C1CCOc2ccccc21. The van der Waals surface area contributed by atoms with Crippen molar-refractivity contribution in [3.05, 3.63) is 47.9 Å². The second kappa shape index (κ2) is 6.10. The first kappa shape index (κ1) is 13.8. The lowest BCUT2D eigenvalue weighted by molar-refractivity contribution is 0.245. The van der Waals surface area contributed by atoms with Crippen LogP contribution in [0.25, 0.3) is 0 Å². The van der Waals surface area contributed by atoms with E-state index in [4.69, 9.17) is 9.47 Å². The molecule has 1 aromatic carbocycles. The maximum Gasteiger partial charge on any atom is 0.237 e. The highest BCUT2D eigenvalue weighted by molar-refractivity contribution is 5.40. The van der Waals surface area contributed by atoms with E-state index in [-0.39, 0.29) is 12.0 Å². The maximum atomic E-state index is 5.75. The summed E-state index contributed by atoms with van der Waals surface area (Å²) in [5.41, 5.74) is 2.04. The van der Waals surface area contributed by atoms with Gasteiger partial charge in [0.15, 0.2) is 0 Å². The van der Waals surface area contributed by atoms with E-state index in [1.54, 1.807) is 19.5 Å². The Kier molecular flexibility index (Phi) is 4.01. The van der Waals surface area contributed by atoms with Gasteiger partial charge in [0, 0.05) is 18.3 Å². The van der Waals surface area contributed by atoms with Gasteiger partial charge in [-0.05, 0) is 25.1 Å². The van der Waals surface area contributed by atoms with E-state index < -0.39 is 0 Å². The first-order valence-electron chi connectivity index (χ1n) is 7.09. The van der Waals surface area contributed by atoms with E-state index in [1.165, 1.54) is 5.56 Å². The molecule has 1 aliphatic heterocycles. The molecule has 5 nitrogen and oxygen atoms in total. The van der Waals surface area contributed by atoms with Crippen LogP contribution >= 0.6 is 0 Å². The monoisotopic (exact) mass is 285 g/mol. The first-order valence-corrected chi connectivity index (χ1v) is 7.09. The number of likely N-dealkylation sites (N-methyl/N-ethyl adjacent to an activating group) is 1. The minimum absolute atomic E-state index is 0.0405. The number of methoxy groups -OCH3 is 1. The Morgan fingerprint density at radius 1 is 1.29 bits per heavy atom. The number of hydrogen-bond acceptors (Lipinski definition) is 5. The number of hydrogen-bond donors (Lipinski definition) is 1. The third-order valence-corrected chi connectivity index (χ3v) is 3.90. The van der Waals surface area contributed by atoms with Crippen LogP contribution in [0.4, 0.5) is 0 Å². The Morgan fingerprint density at radius 3 is 2.90 bits per heavy atom. The zero-order valence-corrected chi connectivity index (χ0v) is 12.2. The number of ether oxygens (including phenoxy) is 2. The molecule has 0 spiro atoms. The van der Waals surface area contributed by atoms with Gasteiger partial charge in [0.2, 0.25) is 5.88 Å². The minimum Gasteiger partial charge on any atom is -0.493 e. The molecule has 2 atom stereocenters. The normalized spacial score (nSPS) is 18.5. The highest BCUT2D eigenvalue weighted by Gasteiger charge is 2.31. The van der Waals surface area contributed by atoms with Crippen molar-refractivity contribution in [3.63, 3.8) is 0 Å². The Balaban J connectivity index is 2.01. The summed E-state index contributed by atoms with van der Waals surface area (Å²) in [7, 11) is 3.56. The van der Waals surface area contributed by atoms with Crippen LogP contribution in [-0.4, -0.2) is 30.7 Å². The second-order valence-corrected chi connectivity index (χ2v) is 5.00. The van der Waals surface area contributed by atoms with Crippen LogP contribution in [0.5, 0.6) is 11.6 Å². The largest absolute Gasteiger partial charge is 0.493 e. The summed E-state index contributed by atoms with van der Waals surface area (Å²) < 4.78 is 11.1. The summed E-state index contributed by atoms with van der Waals surface area (Å²) in [5.74, 6) is 1.81. The lowest BCUT2D eigenvalue weighted by Gasteiger charge is -2.32. The Bertz CT molecular complexity index is 618. The molecule has 0 aliphatic carbocycles. The summed E-state index contributed by atoms with van der Waals surface area (Å²) in [4.78, 5) is 8.74. The molecule has 2 unspecified atom stereocenters. The highest BCUT2D eigenvalue weighted by Crippen LogP contribution is 2.42. The van der Waals surface area contributed by atoms with Gasteiger partial charge >= 0.3 is 0 Å². The number of rotatable bonds is 4. The van der Waals surface area contributed by atoms with E-state index in [9.17, 15) is 0 Å². The van der Waals surface area contributed by atoms with Gasteiger partial charge in [-0.25, -0.2) is 4.98 Å². The molecule has 0 amide bonds. The highest BCUT2D eigenvalue weighted by atomic mass is 16.5. The number of nitrogens with zero attached hydrogens (tertiary/aromatic N) is 2. The number of aromatic nitrogens is 2. The fourth-order valence-electron chi connectivity index (χ4n) is 2.95. The first-order chi connectivity index (χ1) is 10.3. The van der Waals surface area contributed by atoms with Gasteiger partial charge in [-0.1, -0.05) is 18.2 Å². The Labute approximate surface area is 124 Å². The summed E-state index contributed by atoms with van der Waals surface area (Å²) in [5, 5.41) is 3.37. The molecule has 0 radical (unpaired) electrons. The second-order valence-electron chi connectivity index (χ2n) is 5.00. The topological polar surface area (TPSA) is 56.3 Å². The van der Waals surface area contributed by atoms with Gasteiger partial charge in [-0.2, -0.15) is 0 Å². The van der Waals surface area contributed by atoms with Crippen LogP contribution in [-0.2, 0) is 0 Å². The molecule has 5 heteroatoms. The lowest BCUT2D eigenvalue weighted by Crippen LogP contribution is -2.29. The van der Waals surface area contributed by atoms with Gasteiger partial charge in [-0.15, -0.1) is 0 Å². The molecule has 2 aromatic rings. The molecule has 3 rings (SSSR count). The van der Waals surface area contributed by atoms with Crippen LogP contribution in [0.3, 0.4) is 0 Å². The van der Waals surface area contributed by atoms with Gasteiger partial charge in [0.05, 0.1) is 19.8 Å². The molecule has 1 aliphatic rings. The molecule has 0 saturated carbocycles. The molecule has 0 bridgehead atoms. The zero-order valence-electron chi connectivity index (χ0n) is 12.2. The summed E-state index contributed by atoms with van der Waals surface area (Å²) >= 11 is 0. The van der Waals surface area contributed by atoms with Crippen LogP contribution in [0.1, 0.15) is 29.6 Å². The van der Waals surface area contributed by atoms with E-state index in [2.05, 4.69) is 21.4 Å². The third kappa shape index (κ3) is 2.56. The molecule has 21 heavy (non-hydrogen) atoms. The molecule has 2 heterocycles. The number of para-hydroxylation sites is 1. The zero-order chi connectivity index (χ0) is 14.7. The van der Waals surface area contributed by atoms with Crippen molar-refractivity contribution in [1.82, 2.24) is 15.3 Å². The summed E-state index contributed by atoms with van der Waals surface area (Å²) in [6.45, 7) is 0.711. The number of fused-ring (bicyclic) bond motifs is 1. The number of nitrogens with one attached hydrogen (secondary N) is 1. The van der Waals surface area contributed by atoms with Crippen molar-refractivity contribution in [1.29, 1.82) is 0 Å². The molecule has 0 saturated heterocycles. The van der Waals surface area contributed by atoms with E-state index >= 15 is 0 Å². The Hall–Kier alpha value is -2.14. The molecule has 0 fully saturated rings. The molecule has 110 valence electrons. The van der Waals surface area contributed by atoms with Crippen molar-refractivity contribution in [2.24, 2.45) is 0 Å². The summed E-state index contributed by atoms with van der Waals surface area (Å²) in [6, 6.07) is 8.22. The molecular weight excluding hydrogens is 266 g/mol. The number of benzene rings is 1. The molecular formula is C16H19N3O2. The lowest BCUT2D eigenvalue weighted by atomic mass is 9.85. The van der Waals surface area contributed by atoms with Crippen LogP contribution < -0.4 is 14.8 Å². The van der Waals surface area contributed by atoms with Crippen LogP contribution in [0.2, 0.25) is 0 Å². The average Bonchev–Trinajstić information content (AvgIpc) is 2.56.